The zero-order valence-electron chi connectivity index (χ0n) is 21.4. The van der Waals surface area contributed by atoms with Crippen LogP contribution in [0.2, 0.25) is 0 Å². The molecule has 0 aromatic heterocycles. The summed E-state index contributed by atoms with van der Waals surface area (Å²) in [7, 11) is 4.76. The molecule has 1 aliphatic heterocycles. The Labute approximate surface area is 216 Å². The lowest BCUT2D eigenvalue weighted by atomic mass is 10.1. The van der Waals surface area contributed by atoms with Crippen molar-refractivity contribution in [3.8, 4) is 23.0 Å². The molecule has 3 amide bonds. The summed E-state index contributed by atoms with van der Waals surface area (Å²) in [5.41, 5.74) is 3.03. The molecular weight excluding hydrogens is 474 g/mol. The number of nitrogens with zero attached hydrogens (tertiary/aromatic N) is 1. The van der Waals surface area contributed by atoms with Gasteiger partial charge in [-0.15, -0.1) is 0 Å². The van der Waals surface area contributed by atoms with Gasteiger partial charge in [-0.2, -0.15) is 0 Å². The molecule has 0 spiro atoms. The van der Waals surface area contributed by atoms with Gasteiger partial charge in [0, 0.05) is 36.1 Å². The Morgan fingerprint density at radius 2 is 1.70 bits per heavy atom. The fraction of sp³-hybridized carbons (Fsp3) is 0.286. The van der Waals surface area contributed by atoms with Gasteiger partial charge in [-0.25, -0.2) is 4.79 Å². The van der Waals surface area contributed by atoms with Gasteiger partial charge >= 0.3 is 6.03 Å². The smallest absolute Gasteiger partial charge is 0.323 e. The van der Waals surface area contributed by atoms with Crippen molar-refractivity contribution in [2.75, 3.05) is 38.5 Å². The average Bonchev–Trinajstić information content (AvgIpc) is 3.02. The summed E-state index contributed by atoms with van der Waals surface area (Å²) in [6.07, 6.45) is 0.0106. The van der Waals surface area contributed by atoms with E-state index in [1.54, 1.807) is 69.6 Å². The van der Waals surface area contributed by atoms with Crippen LogP contribution in [0.15, 0.2) is 60.7 Å². The van der Waals surface area contributed by atoms with Crippen molar-refractivity contribution in [2.24, 2.45) is 0 Å². The molecule has 1 heterocycles. The van der Waals surface area contributed by atoms with E-state index < -0.39 is 12.1 Å². The van der Waals surface area contributed by atoms with E-state index in [9.17, 15) is 9.59 Å². The van der Waals surface area contributed by atoms with E-state index in [0.29, 0.717) is 53.9 Å². The highest BCUT2D eigenvalue weighted by atomic mass is 16.5. The minimum Gasteiger partial charge on any atom is -0.497 e. The lowest BCUT2D eigenvalue weighted by Gasteiger charge is -2.22. The Balaban J connectivity index is 1.45. The number of rotatable bonds is 8. The Kier molecular flexibility index (Phi) is 8.02. The first-order valence-corrected chi connectivity index (χ1v) is 11.9. The lowest BCUT2D eigenvalue weighted by molar-refractivity contribution is -0.137. The van der Waals surface area contributed by atoms with Gasteiger partial charge in [-0.1, -0.05) is 12.1 Å². The topological polar surface area (TPSA) is 98.4 Å². The minimum absolute atomic E-state index is 0.0954. The quantitative estimate of drug-likeness (QED) is 0.460. The summed E-state index contributed by atoms with van der Waals surface area (Å²) in [5, 5.41) is 5.63. The molecule has 3 aromatic carbocycles. The van der Waals surface area contributed by atoms with Gasteiger partial charge in [-0.05, 0) is 61.4 Å². The predicted octanol–water partition coefficient (Wildman–Crippen LogP) is 4.71. The zero-order chi connectivity index (χ0) is 26.4. The zero-order valence-corrected chi connectivity index (χ0v) is 21.4. The normalized spacial score (nSPS) is 14.6. The largest absolute Gasteiger partial charge is 0.497 e. The summed E-state index contributed by atoms with van der Waals surface area (Å²) in [4.78, 5) is 27.4. The van der Waals surface area contributed by atoms with E-state index >= 15 is 0 Å². The van der Waals surface area contributed by atoms with Crippen LogP contribution in [0.25, 0.3) is 0 Å². The predicted molar refractivity (Wildman–Crippen MR) is 141 cm³/mol. The van der Waals surface area contributed by atoms with Crippen LogP contribution < -0.4 is 29.6 Å². The molecule has 2 N–H and O–H groups in total. The molecule has 37 heavy (non-hydrogen) atoms. The third-order valence-corrected chi connectivity index (χ3v) is 6.09. The number of carbonyl (C=O) groups is 2. The van der Waals surface area contributed by atoms with Gasteiger partial charge in [0.15, 0.2) is 17.6 Å². The van der Waals surface area contributed by atoms with E-state index in [0.717, 1.165) is 11.1 Å². The van der Waals surface area contributed by atoms with Crippen LogP contribution in [0, 0.1) is 0 Å². The number of carbonyl (C=O) groups excluding carboxylic acids is 2. The number of amides is 3. The Hall–Kier alpha value is -4.40. The average molecular weight is 506 g/mol. The number of nitrogens with one attached hydrogen (secondary N) is 2. The SMILES string of the molecule is COc1cccc(NC(=O)Nc2ccc3c(c2)CN(CCc2ccc(OC)c(OC)c2)C(=O)[C@H](C)O3)c1. The summed E-state index contributed by atoms with van der Waals surface area (Å²) in [6, 6.07) is 17.8. The van der Waals surface area contributed by atoms with Gasteiger partial charge < -0.3 is 34.5 Å². The maximum absolute atomic E-state index is 13.0. The number of ether oxygens (including phenoxy) is 4. The molecule has 9 heteroatoms. The van der Waals surface area contributed by atoms with Crippen molar-refractivity contribution < 1.29 is 28.5 Å². The summed E-state index contributed by atoms with van der Waals surface area (Å²) < 4.78 is 21.8. The Morgan fingerprint density at radius 3 is 2.43 bits per heavy atom. The third-order valence-electron chi connectivity index (χ3n) is 6.09. The van der Waals surface area contributed by atoms with Crippen molar-refractivity contribution in [1.29, 1.82) is 0 Å². The Morgan fingerprint density at radius 1 is 0.946 bits per heavy atom. The van der Waals surface area contributed by atoms with E-state index in [-0.39, 0.29) is 5.91 Å². The molecule has 0 saturated carbocycles. The number of hydrogen-bond donors (Lipinski definition) is 2. The maximum Gasteiger partial charge on any atom is 0.323 e. The Bertz CT molecular complexity index is 1280. The minimum atomic E-state index is -0.623. The summed E-state index contributed by atoms with van der Waals surface area (Å²) in [6.45, 7) is 2.60. The van der Waals surface area contributed by atoms with Crippen LogP contribution in [0.1, 0.15) is 18.1 Å². The molecule has 0 saturated heterocycles. The second-order valence-electron chi connectivity index (χ2n) is 8.59. The fourth-order valence-electron chi connectivity index (χ4n) is 4.16. The van der Waals surface area contributed by atoms with Gasteiger partial charge in [0.25, 0.3) is 5.91 Å². The first-order chi connectivity index (χ1) is 17.9. The third kappa shape index (κ3) is 6.24. The molecule has 0 aliphatic carbocycles. The second-order valence-corrected chi connectivity index (χ2v) is 8.59. The van der Waals surface area contributed by atoms with Crippen molar-refractivity contribution >= 4 is 23.3 Å². The van der Waals surface area contributed by atoms with E-state index in [2.05, 4.69) is 10.6 Å². The van der Waals surface area contributed by atoms with E-state index in [1.165, 1.54) is 0 Å². The van der Waals surface area contributed by atoms with Crippen LogP contribution in [0.3, 0.4) is 0 Å². The lowest BCUT2D eigenvalue weighted by Crippen LogP contribution is -2.39. The standard InChI is InChI=1S/C28H31N3O6/c1-18-27(32)31(13-12-19-8-10-25(35-3)26(14-19)36-4)17-20-15-22(9-11-24(20)37-18)30-28(33)29-21-6-5-7-23(16-21)34-2/h5-11,14-16,18H,12-13,17H2,1-4H3,(H2,29,30,33)/t18-/m0/s1. The first kappa shape index (κ1) is 25.7. The van der Waals surface area contributed by atoms with Crippen LogP contribution in [0.4, 0.5) is 16.2 Å². The molecule has 4 rings (SSSR count). The number of urea groups is 1. The highest BCUT2D eigenvalue weighted by Gasteiger charge is 2.28. The van der Waals surface area contributed by atoms with Crippen molar-refractivity contribution in [3.05, 3.63) is 71.8 Å². The van der Waals surface area contributed by atoms with Crippen LogP contribution in [0.5, 0.6) is 23.0 Å². The number of benzene rings is 3. The van der Waals surface area contributed by atoms with E-state index in [4.69, 9.17) is 18.9 Å². The molecule has 3 aromatic rings. The molecule has 0 bridgehead atoms. The molecular formula is C28H31N3O6. The molecule has 194 valence electrons. The first-order valence-electron chi connectivity index (χ1n) is 11.9. The van der Waals surface area contributed by atoms with Gasteiger partial charge in [-0.3, -0.25) is 4.79 Å². The monoisotopic (exact) mass is 505 g/mol. The molecule has 0 fully saturated rings. The van der Waals surface area contributed by atoms with Crippen LogP contribution >= 0.6 is 0 Å². The number of fused-ring (bicyclic) bond motifs is 1. The van der Waals surface area contributed by atoms with Crippen molar-refractivity contribution in [2.45, 2.75) is 26.0 Å². The molecule has 9 nitrogen and oxygen atoms in total. The van der Waals surface area contributed by atoms with Crippen LogP contribution in [-0.4, -0.2) is 50.8 Å². The second kappa shape index (κ2) is 11.6. The van der Waals surface area contributed by atoms with Crippen molar-refractivity contribution in [3.63, 3.8) is 0 Å². The summed E-state index contributed by atoms with van der Waals surface area (Å²) in [5.74, 6) is 2.47. The molecule has 1 atom stereocenters. The number of hydrogen-bond acceptors (Lipinski definition) is 6. The van der Waals surface area contributed by atoms with Crippen molar-refractivity contribution in [1.82, 2.24) is 4.90 Å². The highest BCUT2D eigenvalue weighted by molar-refractivity contribution is 6.00. The van der Waals surface area contributed by atoms with Gasteiger partial charge in [0.1, 0.15) is 11.5 Å². The number of methoxy groups -OCH3 is 3. The van der Waals surface area contributed by atoms with Gasteiger partial charge in [0.05, 0.1) is 21.3 Å². The molecule has 0 radical (unpaired) electrons. The van der Waals surface area contributed by atoms with E-state index in [1.807, 2.05) is 24.3 Å². The maximum atomic E-state index is 13.0. The highest BCUT2D eigenvalue weighted by Crippen LogP contribution is 2.30. The van der Waals surface area contributed by atoms with Crippen LogP contribution in [-0.2, 0) is 17.8 Å². The molecule has 1 aliphatic rings. The fourth-order valence-corrected chi connectivity index (χ4v) is 4.16. The number of anilines is 2. The summed E-state index contributed by atoms with van der Waals surface area (Å²) >= 11 is 0. The van der Waals surface area contributed by atoms with Gasteiger partial charge in [0.2, 0.25) is 0 Å². The molecule has 0 unspecified atom stereocenters.